The van der Waals surface area contributed by atoms with Crippen molar-refractivity contribution in [2.45, 2.75) is 32.9 Å². The zero-order chi connectivity index (χ0) is 17.5. The van der Waals surface area contributed by atoms with Crippen LogP contribution in [0.15, 0.2) is 42.6 Å². The topological polar surface area (TPSA) is 91.3 Å². The van der Waals surface area contributed by atoms with E-state index in [9.17, 15) is 14.7 Å². The van der Waals surface area contributed by atoms with E-state index < -0.39 is 12.0 Å². The van der Waals surface area contributed by atoms with Gasteiger partial charge in [0.1, 0.15) is 6.04 Å². The second kappa shape index (κ2) is 8.21. The quantitative estimate of drug-likeness (QED) is 0.725. The summed E-state index contributed by atoms with van der Waals surface area (Å²) in [5.41, 5.74) is 3.46. The van der Waals surface area contributed by atoms with Crippen molar-refractivity contribution in [1.29, 1.82) is 0 Å². The molecule has 1 aromatic heterocycles. The van der Waals surface area contributed by atoms with Crippen molar-refractivity contribution < 1.29 is 14.7 Å². The van der Waals surface area contributed by atoms with Crippen molar-refractivity contribution in [3.8, 4) is 0 Å². The minimum atomic E-state index is -1.07. The first-order valence-electron chi connectivity index (χ1n) is 7.68. The Hall–Kier alpha value is -2.73. The lowest BCUT2D eigenvalue weighted by Crippen LogP contribution is -2.39. The van der Waals surface area contributed by atoms with Crippen molar-refractivity contribution >= 4 is 17.6 Å². The molecule has 126 valence electrons. The molecule has 1 atom stereocenters. The predicted molar refractivity (Wildman–Crippen MR) is 91.7 cm³/mol. The van der Waals surface area contributed by atoms with Gasteiger partial charge in [0.25, 0.3) is 0 Å². The highest BCUT2D eigenvalue weighted by molar-refractivity contribution is 5.94. The molecule has 0 bridgehead atoms. The summed E-state index contributed by atoms with van der Waals surface area (Å²) in [6, 6.07) is 10.1. The Kier molecular flexibility index (Phi) is 6.03. The molecule has 1 amide bonds. The van der Waals surface area contributed by atoms with E-state index in [2.05, 4.69) is 15.6 Å². The molecule has 0 aliphatic carbocycles. The summed E-state index contributed by atoms with van der Waals surface area (Å²) >= 11 is 0. The summed E-state index contributed by atoms with van der Waals surface area (Å²) in [6.07, 6.45) is 1.48. The third-order valence-corrected chi connectivity index (χ3v) is 3.45. The van der Waals surface area contributed by atoms with Crippen LogP contribution >= 0.6 is 0 Å². The van der Waals surface area contributed by atoms with Gasteiger partial charge in [-0.1, -0.05) is 12.1 Å². The summed E-state index contributed by atoms with van der Waals surface area (Å²) in [5, 5.41) is 14.9. The van der Waals surface area contributed by atoms with Gasteiger partial charge in [-0.3, -0.25) is 19.9 Å². The number of carboxylic acid groups (broad SMARTS) is 1. The number of pyridine rings is 1. The van der Waals surface area contributed by atoms with Crippen molar-refractivity contribution in [2.75, 3.05) is 5.32 Å². The number of aliphatic carboxylic acids is 1. The molecular formula is C18H21N3O3. The number of aryl methyl sites for hydroxylation is 2. The Balaban J connectivity index is 1.94. The Morgan fingerprint density at radius 1 is 1.17 bits per heavy atom. The molecule has 0 aliphatic rings. The standard InChI is InChI=1S/C18H21N3O3/c1-12-7-13(2)9-15(8-12)21-17(22)10-16(18(23)24)20-11-14-5-3-4-6-19-14/h3-9,16,20H,10-11H2,1-2H3,(H,21,22)(H,23,24). The third kappa shape index (κ3) is 5.48. The van der Waals surface area contributed by atoms with Crippen molar-refractivity contribution in [3.63, 3.8) is 0 Å². The highest BCUT2D eigenvalue weighted by atomic mass is 16.4. The highest BCUT2D eigenvalue weighted by Gasteiger charge is 2.21. The lowest BCUT2D eigenvalue weighted by Gasteiger charge is -2.14. The monoisotopic (exact) mass is 327 g/mol. The molecule has 1 heterocycles. The molecule has 0 fully saturated rings. The second-order valence-electron chi connectivity index (χ2n) is 5.72. The molecule has 0 aliphatic heterocycles. The normalized spacial score (nSPS) is 11.8. The van der Waals surface area contributed by atoms with Gasteiger partial charge < -0.3 is 10.4 Å². The minimum absolute atomic E-state index is 0.158. The van der Waals surface area contributed by atoms with Crippen molar-refractivity contribution in [1.82, 2.24) is 10.3 Å². The van der Waals surface area contributed by atoms with E-state index in [0.717, 1.165) is 16.8 Å². The molecule has 6 nitrogen and oxygen atoms in total. The Labute approximate surface area is 140 Å². The predicted octanol–water partition coefficient (Wildman–Crippen LogP) is 2.27. The fraction of sp³-hybridized carbons (Fsp3) is 0.278. The number of benzene rings is 1. The molecule has 3 N–H and O–H groups in total. The van der Waals surface area contributed by atoms with E-state index in [1.54, 1.807) is 18.3 Å². The average Bonchev–Trinajstić information content (AvgIpc) is 2.51. The summed E-state index contributed by atoms with van der Waals surface area (Å²) in [4.78, 5) is 27.6. The van der Waals surface area contributed by atoms with Gasteiger partial charge >= 0.3 is 5.97 Å². The van der Waals surface area contributed by atoms with Gasteiger partial charge in [0, 0.05) is 18.4 Å². The number of hydrogen-bond acceptors (Lipinski definition) is 4. The summed E-state index contributed by atoms with van der Waals surface area (Å²) in [5.74, 6) is -1.41. The first kappa shape index (κ1) is 17.6. The molecule has 0 radical (unpaired) electrons. The second-order valence-corrected chi connectivity index (χ2v) is 5.72. The van der Waals surface area contributed by atoms with Crippen LogP contribution in [0.3, 0.4) is 0 Å². The van der Waals surface area contributed by atoms with Crippen molar-refractivity contribution in [2.24, 2.45) is 0 Å². The SMILES string of the molecule is Cc1cc(C)cc(NC(=O)CC(NCc2ccccn2)C(=O)O)c1. The zero-order valence-corrected chi connectivity index (χ0v) is 13.7. The molecule has 2 aromatic rings. The fourth-order valence-electron chi connectivity index (χ4n) is 2.42. The van der Waals surface area contributed by atoms with E-state index in [-0.39, 0.29) is 18.9 Å². The number of anilines is 1. The smallest absolute Gasteiger partial charge is 0.321 e. The van der Waals surface area contributed by atoms with Crippen molar-refractivity contribution in [3.05, 3.63) is 59.4 Å². The van der Waals surface area contributed by atoms with Gasteiger partial charge in [0.2, 0.25) is 5.91 Å². The Morgan fingerprint density at radius 3 is 2.46 bits per heavy atom. The van der Waals surface area contributed by atoms with Gasteiger partial charge in [-0.15, -0.1) is 0 Å². The maximum atomic E-state index is 12.1. The third-order valence-electron chi connectivity index (χ3n) is 3.45. The van der Waals surface area contributed by atoms with Crippen LogP contribution in [-0.2, 0) is 16.1 Å². The number of carbonyl (C=O) groups is 2. The molecular weight excluding hydrogens is 306 g/mol. The molecule has 2 rings (SSSR count). The molecule has 1 unspecified atom stereocenters. The molecule has 0 saturated carbocycles. The number of nitrogens with zero attached hydrogens (tertiary/aromatic N) is 1. The zero-order valence-electron chi connectivity index (χ0n) is 13.7. The number of nitrogens with one attached hydrogen (secondary N) is 2. The van der Waals surface area contributed by atoms with Crippen LogP contribution in [0.5, 0.6) is 0 Å². The van der Waals surface area contributed by atoms with Gasteiger partial charge in [0.15, 0.2) is 0 Å². The first-order valence-corrected chi connectivity index (χ1v) is 7.68. The lowest BCUT2D eigenvalue weighted by atomic mass is 10.1. The number of carbonyl (C=O) groups excluding carboxylic acids is 1. The maximum absolute atomic E-state index is 12.1. The molecule has 24 heavy (non-hydrogen) atoms. The summed E-state index contributed by atoms with van der Waals surface area (Å²) < 4.78 is 0. The van der Waals surface area contributed by atoms with Gasteiger partial charge in [-0.25, -0.2) is 0 Å². The highest BCUT2D eigenvalue weighted by Crippen LogP contribution is 2.14. The van der Waals surface area contributed by atoms with Crippen LogP contribution in [0.1, 0.15) is 23.2 Å². The van der Waals surface area contributed by atoms with Crippen LogP contribution in [0, 0.1) is 13.8 Å². The summed E-state index contributed by atoms with van der Waals surface area (Å²) in [6.45, 7) is 4.17. The van der Waals surface area contributed by atoms with E-state index in [1.165, 1.54) is 0 Å². The minimum Gasteiger partial charge on any atom is -0.480 e. The number of aromatic nitrogens is 1. The van der Waals surface area contributed by atoms with Crippen LogP contribution in [-0.4, -0.2) is 28.0 Å². The first-order chi connectivity index (χ1) is 11.4. The van der Waals surface area contributed by atoms with Crippen LogP contribution in [0.4, 0.5) is 5.69 Å². The van der Waals surface area contributed by atoms with E-state index in [1.807, 2.05) is 38.1 Å². The Morgan fingerprint density at radius 2 is 1.88 bits per heavy atom. The summed E-state index contributed by atoms with van der Waals surface area (Å²) in [7, 11) is 0. The van der Waals surface area contributed by atoms with Gasteiger partial charge in [-0.2, -0.15) is 0 Å². The van der Waals surface area contributed by atoms with Crippen LogP contribution < -0.4 is 10.6 Å². The number of amides is 1. The van der Waals surface area contributed by atoms with Gasteiger partial charge in [-0.05, 0) is 49.2 Å². The Bertz CT molecular complexity index is 696. The van der Waals surface area contributed by atoms with Gasteiger partial charge in [0.05, 0.1) is 12.1 Å². The van der Waals surface area contributed by atoms with E-state index in [0.29, 0.717) is 5.69 Å². The lowest BCUT2D eigenvalue weighted by molar-refractivity contribution is -0.141. The van der Waals surface area contributed by atoms with Crippen LogP contribution in [0.2, 0.25) is 0 Å². The number of hydrogen-bond donors (Lipinski definition) is 3. The average molecular weight is 327 g/mol. The molecule has 0 saturated heterocycles. The van der Waals surface area contributed by atoms with Crippen LogP contribution in [0.25, 0.3) is 0 Å². The van der Waals surface area contributed by atoms with E-state index >= 15 is 0 Å². The fourth-order valence-corrected chi connectivity index (χ4v) is 2.42. The molecule has 1 aromatic carbocycles. The maximum Gasteiger partial charge on any atom is 0.321 e. The molecule has 6 heteroatoms. The van der Waals surface area contributed by atoms with E-state index in [4.69, 9.17) is 0 Å². The largest absolute Gasteiger partial charge is 0.480 e. The number of carboxylic acids is 1. The number of rotatable bonds is 7. The molecule has 0 spiro atoms.